The zero-order valence-corrected chi connectivity index (χ0v) is 11.4. The lowest BCUT2D eigenvalue weighted by atomic mass is 9.84. The van der Waals surface area contributed by atoms with Crippen LogP contribution in [0.2, 0.25) is 0 Å². The number of carbonyl (C=O) groups excluding carboxylic acids is 1. The maximum Gasteiger partial charge on any atom is 0.228 e. The summed E-state index contributed by atoms with van der Waals surface area (Å²) >= 11 is 0. The Kier molecular flexibility index (Phi) is 3.88. The summed E-state index contributed by atoms with van der Waals surface area (Å²) in [5, 5.41) is 3.21. The fraction of sp³-hybridized carbons (Fsp3) is 0.933. The van der Waals surface area contributed by atoms with E-state index >= 15 is 0 Å². The van der Waals surface area contributed by atoms with Gasteiger partial charge in [-0.2, -0.15) is 0 Å². The first-order valence-electron chi connectivity index (χ1n) is 7.86. The molecule has 2 aliphatic heterocycles. The van der Waals surface area contributed by atoms with Crippen LogP contribution in [-0.4, -0.2) is 36.5 Å². The molecule has 1 N–H and O–H groups in total. The summed E-state index contributed by atoms with van der Waals surface area (Å²) < 4.78 is 0. The second-order valence-corrected chi connectivity index (χ2v) is 6.42. The summed E-state index contributed by atoms with van der Waals surface area (Å²) in [6.45, 7) is 2.84. The molecule has 0 radical (unpaired) electrons. The smallest absolute Gasteiger partial charge is 0.228 e. The van der Waals surface area contributed by atoms with Gasteiger partial charge in [0.25, 0.3) is 0 Å². The molecule has 3 rings (SSSR count). The number of hydrogen-bond acceptors (Lipinski definition) is 2. The van der Waals surface area contributed by atoms with E-state index in [1.807, 2.05) is 0 Å². The van der Waals surface area contributed by atoms with Crippen molar-refractivity contribution in [2.75, 3.05) is 19.6 Å². The van der Waals surface area contributed by atoms with Crippen LogP contribution in [0.5, 0.6) is 0 Å². The number of nitrogens with zero attached hydrogens (tertiary/aromatic N) is 1. The van der Waals surface area contributed by atoms with E-state index in [9.17, 15) is 4.79 Å². The van der Waals surface area contributed by atoms with Crippen molar-refractivity contribution in [3.05, 3.63) is 0 Å². The van der Waals surface area contributed by atoms with E-state index in [4.69, 9.17) is 0 Å². The Morgan fingerprint density at radius 2 is 1.83 bits per heavy atom. The van der Waals surface area contributed by atoms with Crippen LogP contribution in [0, 0.1) is 11.8 Å². The van der Waals surface area contributed by atoms with Crippen molar-refractivity contribution >= 4 is 5.91 Å². The van der Waals surface area contributed by atoms with Crippen molar-refractivity contribution in [1.82, 2.24) is 10.2 Å². The molecule has 102 valence electrons. The number of likely N-dealkylation sites (tertiary alicyclic amines) is 1. The second-order valence-electron chi connectivity index (χ2n) is 6.42. The van der Waals surface area contributed by atoms with E-state index in [-0.39, 0.29) is 5.92 Å². The molecule has 3 fully saturated rings. The van der Waals surface area contributed by atoms with Crippen LogP contribution in [0.1, 0.15) is 51.4 Å². The Labute approximate surface area is 110 Å². The highest BCUT2D eigenvalue weighted by Gasteiger charge is 2.36. The van der Waals surface area contributed by atoms with Gasteiger partial charge in [0.1, 0.15) is 0 Å². The number of hydrogen-bond donors (Lipinski definition) is 1. The van der Waals surface area contributed by atoms with Crippen molar-refractivity contribution < 1.29 is 4.79 Å². The Morgan fingerprint density at radius 3 is 2.50 bits per heavy atom. The fourth-order valence-corrected chi connectivity index (χ4v) is 3.88. The summed E-state index contributed by atoms with van der Waals surface area (Å²) in [7, 11) is 0. The van der Waals surface area contributed by atoms with Crippen molar-refractivity contribution in [3.8, 4) is 0 Å². The number of amides is 1. The molecule has 0 spiro atoms. The molecule has 0 aromatic heterocycles. The average molecular weight is 250 g/mol. The third-order valence-corrected chi connectivity index (χ3v) is 5.12. The molecule has 2 saturated heterocycles. The average Bonchev–Trinajstić information content (AvgIpc) is 2.76. The van der Waals surface area contributed by atoms with E-state index < -0.39 is 0 Å². The Balaban J connectivity index is 1.54. The van der Waals surface area contributed by atoms with Crippen LogP contribution in [0.3, 0.4) is 0 Å². The van der Waals surface area contributed by atoms with E-state index in [1.165, 1.54) is 51.4 Å². The molecule has 1 aliphatic carbocycles. The molecule has 18 heavy (non-hydrogen) atoms. The van der Waals surface area contributed by atoms with Gasteiger partial charge in [-0.25, -0.2) is 0 Å². The molecule has 0 bridgehead atoms. The SMILES string of the molecule is O=C(C1CNC1)N1CCCC1CC1CCCCC1. The second kappa shape index (κ2) is 5.60. The summed E-state index contributed by atoms with van der Waals surface area (Å²) in [5.41, 5.74) is 0. The molecule has 2 heterocycles. The van der Waals surface area contributed by atoms with Crippen molar-refractivity contribution in [3.63, 3.8) is 0 Å². The molecular formula is C15H26N2O. The van der Waals surface area contributed by atoms with Gasteiger partial charge in [0, 0.05) is 25.7 Å². The molecule has 0 aromatic rings. The topological polar surface area (TPSA) is 32.3 Å². The standard InChI is InChI=1S/C15H26N2O/c18-15(13-10-16-11-13)17-8-4-7-14(17)9-12-5-2-1-3-6-12/h12-14,16H,1-11H2. The molecule has 3 nitrogen and oxygen atoms in total. The van der Waals surface area contributed by atoms with Crippen LogP contribution in [-0.2, 0) is 4.79 Å². The lowest BCUT2D eigenvalue weighted by molar-refractivity contribution is -0.138. The van der Waals surface area contributed by atoms with Gasteiger partial charge >= 0.3 is 0 Å². The number of rotatable bonds is 3. The fourth-order valence-electron chi connectivity index (χ4n) is 3.88. The van der Waals surface area contributed by atoms with Crippen molar-refractivity contribution in [2.45, 2.75) is 57.4 Å². The third kappa shape index (κ3) is 2.56. The van der Waals surface area contributed by atoms with Crippen LogP contribution in [0.15, 0.2) is 0 Å². The lowest BCUT2D eigenvalue weighted by Gasteiger charge is -2.35. The van der Waals surface area contributed by atoms with Gasteiger partial charge in [0.2, 0.25) is 5.91 Å². The molecule has 0 aromatic carbocycles. The van der Waals surface area contributed by atoms with Crippen molar-refractivity contribution in [2.24, 2.45) is 11.8 Å². The quantitative estimate of drug-likeness (QED) is 0.832. The van der Waals surface area contributed by atoms with Gasteiger partial charge in [-0.15, -0.1) is 0 Å². The highest BCUT2D eigenvalue weighted by Crippen LogP contribution is 2.32. The van der Waals surface area contributed by atoms with Crippen LogP contribution < -0.4 is 5.32 Å². The van der Waals surface area contributed by atoms with Gasteiger partial charge in [-0.05, 0) is 25.2 Å². The summed E-state index contributed by atoms with van der Waals surface area (Å²) in [6.07, 6.45) is 10.8. The maximum atomic E-state index is 12.4. The Morgan fingerprint density at radius 1 is 1.06 bits per heavy atom. The zero-order chi connectivity index (χ0) is 12.4. The van der Waals surface area contributed by atoms with Gasteiger partial charge in [0.05, 0.1) is 5.92 Å². The van der Waals surface area contributed by atoms with Crippen LogP contribution in [0.4, 0.5) is 0 Å². The van der Waals surface area contributed by atoms with Crippen molar-refractivity contribution in [1.29, 1.82) is 0 Å². The molecule has 1 atom stereocenters. The van der Waals surface area contributed by atoms with Gasteiger partial charge < -0.3 is 10.2 Å². The minimum atomic E-state index is 0.289. The van der Waals surface area contributed by atoms with Gasteiger partial charge in [-0.3, -0.25) is 4.79 Å². The predicted molar refractivity (Wildman–Crippen MR) is 72.3 cm³/mol. The van der Waals surface area contributed by atoms with E-state index in [1.54, 1.807) is 0 Å². The molecule has 3 aliphatic rings. The predicted octanol–water partition coefficient (Wildman–Crippen LogP) is 2.17. The summed E-state index contributed by atoms with van der Waals surface area (Å²) in [4.78, 5) is 14.6. The zero-order valence-electron chi connectivity index (χ0n) is 11.4. The highest BCUT2D eigenvalue weighted by atomic mass is 16.2. The summed E-state index contributed by atoms with van der Waals surface area (Å²) in [5.74, 6) is 1.63. The first kappa shape index (κ1) is 12.5. The first-order chi connectivity index (χ1) is 8.84. The highest BCUT2D eigenvalue weighted by molar-refractivity contribution is 5.80. The molecular weight excluding hydrogens is 224 g/mol. The minimum absolute atomic E-state index is 0.289. The third-order valence-electron chi connectivity index (χ3n) is 5.12. The Hall–Kier alpha value is -0.570. The van der Waals surface area contributed by atoms with E-state index in [2.05, 4.69) is 10.2 Å². The minimum Gasteiger partial charge on any atom is -0.339 e. The van der Waals surface area contributed by atoms with Gasteiger partial charge in [-0.1, -0.05) is 32.1 Å². The largest absolute Gasteiger partial charge is 0.339 e. The molecule has 1 amide bonds. The first-order valence-corrected chi connectivity index (χ1v) is 7.86. The van der Waals surface area contributed by atoms with Crippen LogP contribution in [0.25, 0.3) is 0 Å². The molecule has 1 unspecified atom stereocenters. The Bertz CT molecular complexity index is 295. The normalized spacial score (nSPS) is 30.4. The van der Waals surface area contributed by atoms with E-state index in [0.29, 0.717) is 11.9 Å². The lowest BCUT2D eigenvalue weighted by Crippen LogP contribution is -2.53. The summed E-state index contributed by atoms with van der Waals surface area (Å²) in [6, 6.07) is 0.571. The molecule has 1 saturated carbocycles. The number of carbonyl (C=O) groups is 1. The van der Waals surface area contributed by atoms with Gasteiger partial charge in [0.15, 0.2) is 0 Å². The molecule has 3 heteroatoms. The number of nitrogens with one attached hydrogen (secondary N) is 1. The maximum absolute atomic E-state index is 12.4. The van der Waals surface area contributed by atoms with E-state index in [0.717, 1.165) is 25.6 Å². The monoisotopic (exact) mass is 250 g/mol. The van der Waals surface area contributed by atoms with Crippen LogP contribution >= 0.6 is 0 Å².